The van der Waals surface area contributed by atoms with Gasteiger partial charge in [0, 0.05) is 18.1 Å². The summed E-state index contributed by atoms with van der Waals surface area (Å²) < 4.78 is 1.86. The van der Waals surface area contributed by atoms with Crippen LogP contribution in [0.1, 0.15) is 35.5 Å². The standard InChI is InChI=1S/C13H19N3S/c1-4-7-14-13(11-6-9-17-10(11)2)12-5-8-16(3)15-12/h5-6,8-9,13-14H,4,7H2,1-3H3. The lowest BCUT2D eigenvalue weighted by molar-refractivity contribution is 0.575. The molecule has 0 amide bonds. The second kappa shape index (κ2) is 5.47. The average molecular weight is 249 g/mol. The van der Waals surface area contributed by atoms with Crippen molar-refractivity contribution in [2.75, 3.05) is 6.54 Å². The zero-order chi connectivity index (χ0) is 12.3. The lowest BCUT2D eigenvalue weighted by atomic mass is 10.1. The average Bonchev–Trinajstić information content (AvgIpc) is 2.90. The van der Waals surface area contributed by atoms with Crippen LogP contribution in [0.15, 0.2) is 23.7 Å². The zero-order valence-corrected chi connectivity index (χ0v) is 11.4. The highest BCUT2D eigenvalue weighted by Crippen LogP contribution is 2.27. The molecule has 0 saturated heterocycles. The fraction of sp³-hybridized carbons (Fsp3) is 0.462. The normalized spacial score (nSPS) is 12.9. The van der Waals surface area contributed by atoms with Gasteiger partial charge in [-0.15, -0.1) is 11.3 Å². The van der Waals surface area contributed by atoms with E-state index < -0.39 is 0 Å². The fourth-order valence-electron chi connectivity index (χ4n) is 1.94. The Morgan fingerprint density at radius 1 is 1.47 bits per heavy atom. The minimum Gasteiger partial charge on any atom is -0.305 e. The van der Waals surface area contributed by atoms with Crippen molar-refractivity contribution in [3.05, 3.63) is 39.8 Å². The van der Waals surface area contributed by atoms with Crippen molar-refractivity contribution in [1.29, 1.82) is 0 Å². The van der Waals surface area contributed by atoms with Gasteiger partial charge in [0.05, 0.1) is 11.7 Å². The molecule has 0 bridgehead atoms. The van der Waals surface area contributed by atoms with E-state index in [1.54, 1.807) is 11.3 Å². The monoisotopic (exact) mass is 249 g/mol. The molecule has 92 valence electrons. The topological polar surface area (TPSA) is 29.9 Å². The summed E-state index contributed by atoms with van der Waals surface area (Å²) in [4.78, 5) is 1.37. The molecule has 1 N–H and O–H groups in total. The molecule has 1 atom stereocenters. The minimum atomic E-state index is 0.224. The Morgan fingerprint density at radius 3 is 2.82 bits per heavy atom. The Balaban J connectivity index is 2.28. The van der Waals surface area contributed by atoms with Crippen LogP contribution in [0.2, 0.25) is 0 Å². The van der Waals surface area contributed by atoms with Crippen molar-refractivity contribution < 1.29 is 0 Å². The summed E-state index contributed by atoms with van der Waals surface area (Å²) in [5.41, 5.74) is 2.45. The molecule has 0 fully saturated rings. The van der Waals surface area contributed by atoms with Crippen molar-refractivity contribution in [3.8, 4) is 0 Å². The van der Waals surface area contributed by atoms with Crippen LogP contribution in [0.3, 0.4) is 0 Å². The number of aromatic nitrogens is 2. The van der Waals surface area contributed by atoms with Crippen molar-refractivity contribution in [2.45, 2.75) is 26.3 Å². The van der Waals surface area contributed by atoms with Gasteiger partial charge in [-0.05, 0) is 43.0 Å². The maximum atomic E-state index is 4.52. The van der Waals surface area contributed by atoms with E-state index in [0.29, 0.717) is 0 Å². The maximum absolute atomic E-state index is 4.52. The van der Waals surface area contributed by atoms with Crippen LogP contribution in [0.25, 0.3) is 0 Å². The Kier molecular flexibility index (Phi) is 3.97. The number of thiophene rings is 1. The molecule has 1 unspecified atom stereocenters. The van der Waals surface area contributed by atoms with Crippen LogP contribution in [0.5, 0.6) is 0 Å². The smallest absolute Gasteiger partial charge is 0.0839 e. The van der Waals surface area contributed by atoms with Gasteiger partial charge in [0.2, 0.25) is 0 Å². The van der Waals surface area contributed by atoms with Gasteiger partial charge in [-0.2, -0.15) is 5.10 Å². The molecule has 4 heteroatoms. The van der Waals surface area contributed by atoms with Crippen LogP contribution in [0.4, 0.5) is 0 Å². The number of hydrogen-bond acceptors (Lipinski definition) is 3. The van der Waals surface area contributed by atoms with Crippen LogP contribution in [0, 0.1) is 6.92 Å². The molecule has 0 radical (unpaired) electrons. The maximum Gasteiger partial charge on any atom is 0.0839 e. The second-order valence-electron chi connectivity index (χ2n) is 4.23. The first kappa shape index (κ1) is 12.3. The number of rotatable bonds is 5. The molecule has 17 heavy (non-hydrogen) atoms. The van der Waals surface area contributed by atoms with Crippen molar-refractivity contribution in [1.82, 2.24) is 15.1 Å². The van der Waals surface area contributed by atoms with Crippen LogP contribution in [-0.4, -0.2) is 16.3 Å². The lowest BCUT2D eigenvalue weighted by Crippen LogP contribution is -2.23. The summed E-state index contributed by atoms with van der Waals surface area (Å²) in [7, 11) is 1.96. The van der Waals surface area contributed by atoms with E-state index in [1.165, 1.54) is 10.4 Å². The van der Waals surface area contributed by atoms with Crippen molar-refractivity contribution >= 4 is 11.3 Å². The Hall–Kier alpha value is -1.13. The van der Waals surface area contributed by atoms with Gasteiger partial charge < -0.3 is 5.32 Å². The van der Waals surface area contributed by atoms with Crippen LogP contribution in [-0.2, 0) is 7.05 Å². The van der Waals surface area contributed by atoms with E-state index in [1.807, 2.05) is 17.9 Å². The van der Waals surface area contributed by atoms with Gasteiger partial charge in [-0.1, -0.05) is 6.92 Å². The summed E-state index contributed by atoms with van der Waals surface area (Å²) in [5.74, 6) is 0. The van der Waals surface area contributed by atoms with Gasteiger partial charge in [-0.25, -0.2) is 0 Å². The van der Waals surface area contributed by atoms with E-state index in [9.17, 15) is 0 Å². The third-order valence-electron chi connectivity index (χ3n) is 2.84. The van der Waals surface area contributed by atoms with E-state index in [4.69, 9.17) is 0 Å². The molecule has 2 rings (SSSR count). The second-order valence-corrected chi connectivity index (χ2v) is 5.35. The highest BCUT2D eigenvalue weighted by Gasteiger charge is 2.18. The molecule has 0 aliphatic rings. The summed E-state index contributed by atoms with van der Waals surface area (Å²) in [5, 5.41) is 10.2. The first-order valence-corrected chi connectivity index (χ1v) is 6.87. The summed E-state index contributed by atoms with van der Waals surface area (Å²) in [6.07, 6.45) is 3.13. The third kappa shape index (κ3) is 2.76. The van der Waals surface area contributed by atoms with Crippen molar-refractivity contribution in [3.63, 3.8) is 0 Å². The molecule has 0 aliphatic carbocycles. The number of aryl methyl sites for hydroxylation is 2. The predicted molar refractivity (Wildman–Crippen MR) is 72.4 cm³/mol. The quantitative estimate of drug-likeness (QED) is 0.883. The van der Waals surface area contributed by atoms with Crippen LogP contribution >= 0.6 is 11.3 Å². The SMILES string of the molecule is CCCNC(c1ccn(C)n1)c1ccsc1C. The largest absolute Gasteiger partial charge is 0.305 e. The van der Waals surface area contributed by atoms with E-state index >= 15 is 0 Å². The summed E-state index contributed by atoms with van der Waals surface area (Å²) >= 11 is 1.79. The highest BCUT2D eigenvalue weighted by atomic mass is 32.1. The van der Waals surface area contributed by atoms with E-state index in [-0.39, 0.29) is 6.04 Å². The van der Waals surface area contributed by atoms with Crippen molar-refractivity contribution in [2.24, 2.45) is 7.05 Å². The molecule has 0 saturated carbocycles. The summed E-state index contributed by atoms with van der Waals surface area (Å²) in [6, 6.07) is 4.51. The first-order valence-electron chi connectivity index (χ1n) is 5.99. The Morgan fingerprint density at radius 2 is 2.29 bits per heavy atom. The molecular weight excluding hydrogens is 230 g/mol. The van der Waals surface area contributed by atoms with E-state index in [0.717, 1.165) is 18.7 Å². The van der Waals surface area contributed by atoms with Gasteiger partial charge in [0.1, 0.15) is 0 Å². The Labute approximate surface area is 106 Å². The highest BCUT2D eigenvalue weighted by molar-refractivity contribution is 7.10. The molecule has 2 aromatic heterocycles. The predicted octanol–water partition coefficient (Wildman–Crippen LogP) is 2.88. The van der Waals surface area contributed by atoms with Gasteiger partial charge in [-0.3, -0.25) is 4.68 Å². The molecule has 0 aliphatic heterocycles. The minimum absolute atomic E-state index is 0.224. The Bertz CT molecular complexity index is 472. The van der Waals surface area contributed by atoms with Crippen LogP contribution < -0.4 is 5.32 Å². The molecular formula is C13H19N3S. The molecule has 3 nitrogen and oxygen atoms in total. The van der Waals surface area contributed by atoms with Gasteiger partial charge in [0.25, 0.3) is 0 Å². The molecule has 2 aromatic rings. The number of nitrogens with zero attached hydrogens (tertiary/aromatic N) is 2. The number of nitrogens with one attached hydrogen (secondary N) is 1. The lowest BCUT2D eigenvalue weighted by Gasteiger charge is -2.16. The molecule has 0 spiro atoms. The first-order chi connectivity index (χ1) is 8.22. The third-order valence-corrected chi connectivity index (χ3v) is 3.70. The number of hydrogen-bond donors (Lipinski definition) is 1. The van der Waals surface area contributed by atoms with Gasteiger partial charge in [0.15, 0.2) is 0 Å². The van der Waals surface area contributed by atoms with Gasteiger partial charge >= 0.3 is 0 Å². The summed E-state index contributed by atoms with van der Waals surface area (Å²) in [6.45, 7) is 5.36. The fourth-order valence-corrected chi connectivity index (χ4v) is 2.68. The van der Waals surface area contributed by atoms with E-state index in [2.05, 4.69) is 41.8 Å². The molecule has 2 heterocycles. The molecule has 0 aromatic carbocycles. The zero-order valence-electron chi connectivity index (χ0n) is 10.6.